The predicted molar refractivity (Wildman–Crippen MR) is 147 cm³/mol. The summed E-state index contributed by atoms with van der Waals surface area (Å²) in [6, 6.07) is 33.3. The van der Waals surface area contributed by atoms with E-state index < -0.39 is 6.10 Å². The lowest BCUT2D eigenvalue weighted by atomic mass is 9.87. The Kier molecular flexibility index (Phi) is 8.63. The van der Waals surface area contributed by atoms with Crippen molar-refractivity contribution >= 4 is 0 Å². The highest BCUT2D eigenvalue weighted by Crippen LogP contribution is 2.23. The average Bonchev–Trinajstić information content (AvgIpc) is 3.30. The van der Waals surface area contributed by atoms with Crippen molar-refractivity contribution in [2.75, 3.05) is 13.2 Å². The largest absolute Gasteiger partial charge is 0.491 e. The second-order valence-electron chi connectivity index (χ2n) is 10.5. The number of ether oxygens (including phenoxy) is 1. The Morgan fingerprint density at radius 1 is 0.778 bits per heavy atom. The van der Waals surface area contributed by atoms with E-state index in [0.717, 1.165) is 25.4 Å². The molecule has 0 saturated carbocycles. The number of aliphatic hydroxyl groups excluding tert-OH is 1. The molecule has 1 N–H and O–H groups in total. The first kappa shape index (κ1) is 25.7. The molecule has 0 radical (unpaired) electrons. The van der Waals surface area contributed by atoms with Crippen LogP contribution in [0.25, 0.3) is 0 Å². The summed E-state index contributed by atoms with van der Waals surface area (Å²) >= 11 is 0. The van der Waals surface area contributed by atoms with Crippen molar-refractivity contribution in [1.29, 1.82) is 0 Å². The molecule has 3 aromatic carbocycles. The Morgan fingerprint density at radius 2 is 1.44 bits per heavy atom. The van der Waals surface area contributed by atoms with Crippen LogP contribution in [-0.2, 0) is 25.0 Å². The predicted octanol–water partition coefficient (Wildman–Crippen LogP) is 6.28. The molecule has 0 fully saturated rings. The van der Waals surface area contributed by atoms with Gasteiger partial charge in [-0.25, -0.2) is 0 Å². The summed E-state index contributed by atoms with van der Waals surface area (Å²) < 4.78 is 8.11. The molecule has 0 aliphatic carbocycles. The molecule has 1 atom stereocenters. The van der Waals surface area contributed by atoms with Gasteiger partial charge in [0.15, 0.2) is 0 Å². The quantitative estimate of drug-likeness (QED) is 0.274. The fourth-order valence-corrected chi connectivity index (χ4v) is 4.37. The maximum Gasteiger partial charge on any atom is 0.119 e. The van der Waals surface area contributed by atoms with Gasteiger partial charge in [-0.3, -0.25) is 4.90 Å². The first-order valence-corrected chi connectivity index (χ1v) is 12.7. The highest BCUT2D eigenvalue weighted by Gasteiger charge is 2.16. The number of para-hydroxylation sites is 1. The van der Waals surface area contributed by atoms with Crippen molar-refractivity contribution < 1.29 is 9.84 Å². The van der Waals surface area contributed by atoms with Crippen LogP contribution in [-0.4, -0.2) is 33.8 Å². The number of hydrogen-bond acceptors (Lipinski definition) is 3. The minimum absolute atomic E-state index is 0.153. The molecule has 0 aliphatic rings. The number of nitrogens with zero attached hydrogens (tertiary/aromatic N) is 2. The van der Waals surface area contributed by atoms with Gasteiger partial charge in [0.05, 0.1) is 0 Å². The van der Waals surface area contributed by atoms with Crippen LogP contribution in [0.15, 0.2) is 103 Å². The molecular formula is C32H38N2O2. The van der Waals surface area contributed by atoms with E-state index in [2.05, 4.69) is 97.1 Å². The number of aromatic nitrogens is 1. The summed E-state index contributed by atoms with van der Waals surface area (Å²) in [5, 5.41) is 10.8. The van der Waals surface area contributed by atoms with Gasteiger partial charge < -0.3 is 14.4 Å². The molecule has 188 valence electrons. The second kappa shape index (κ2) is 12.1. The van der Waals surface area contributed by atoms with Crippen molar-refractivity contribution in [2.24, 2.45) is 0 Å². The molecule has 4 aromatic rings. The van der Waals surface area contributed by atoms with Crippen molar-refractivity contribution in [3.8, 4) is 5.75 Å². The standard InChI is InChI=1S/C32H38N2O2/c1-32(2,3)28-18-16-27(17-19-28)22-34-20-10-13-29(34)23-33(21-26-11-6-4-7-12-26)24-30(35)25-36-31-14-8-5-9-15-31/h4-20,30,35H,21-25H2,1-3H3. The van der Waals surface area contributed by atoms with Crippen molar-refractivity contribution in [1.82, 2.24) is 9.47 Å². The van der Waals surface area contributed by atoms with Crippen LogP contribution in [0.5, 0.6) is 5.75 Å². The van der Waals surface area contributed by atoms with Gasteiger partial charge in [-0.15, -0.1) is 0 Å². The Balaban J connectivity index is 1.44. The van der Waals surface area contributed by atoms with Crippen LogP contribution in [0.4, 0.5) is 0 Å². The molecule has 1 heterocycles. The van der Waals surface area contributed by atoms with Gasteiger partial charge in [0.2, 0.25) is 0 Å². The molecule has 4 heteroatoms. The van der Waals surface area contributed by atoms with Crippen molar-refractivity contribution in [2.45, 2.75) is 51.9 Å². The number of benzene rings is 3. The second-order valence-corrected chi connectivity index (χ2v) is 10.5. The first-order chi connectivity index (χ1) is 17.4. The van der Waals surface area contributed by atoms with E-state index in [1.165, 1.54) is 22.4 Å². The molecule has 0 bridgehead atoms. The van der Waals surface area contributed by atoms with Crippen molar-refractivity contribution in [3.63, 3.8) is 0 Å². The van der Waals surface area contributed by atoms with Gasteiger partial charge in [-0.1, -0.05) is 93.6 Å². The molecule has 0 spiro atoms. The van der Waals surface area contributed by atoms with Gasteiger partial charge in [0.1, 0.15) is 18.5 Å². The highest BCUT2D eigenvalue weighted by atomic mass is 16.5. The van der Waals surface area contributed by atoms with Crippen molar-refractivity contribution in [3.05, 3.63) is 126 Å². The third-order valence-electron chi connectivity index (χ3n) is 6.39. The van der Waals surface area contributed by atoms with Crippen LogP contribution in [0.2, 0.25) is 0 Å². The van der Waals surface area contributed by atoms with Gasteiger partial charge in [-0.2, -0.15) is 0 Å². The summed E-state index contributed by atoms with van der Waals surface area (Å²) in [5.41, 5.74) is 5.23. The zero-order valence-electron chi connectivity index (χ0n) is 21.7. The summed E-state index contributed by atoms with van der Waals surface area (Å²) in [5.74, 6) is 0.775. The summed E-state index contributed by atoms with van der Waals surface area (Å²) in [6.45, 7) is 9.83. The maximum absolute atomic E-state index is 10.8. The molecule has 1 unspecified atom stereocenters. The van der Waals surface area contributed by atoms with E-state index in [1.54, 1.807) is 0 Å². The minimum Gasteiger partial charge on any atom is -0.491 e. The Bertz CT molecular complexity index is 1180. The van der Waals surface area contributed by atoms with Crippen LogP contribution in [0, 0.1) is 0 Å². The molecular weight excluding hydrogens is 444 g/mol. The smallest absolute Gasteiger partial charge is 0.119 e. The van der Waals surface area contributed by atoms with E-state index in [9.17, 15) is 5.11 Å². The van der Waals surface area contributed by atoms with Crippen LogP contribution >= 0.6 is 0 Å². The Labute approximate surface area is 215 Å². The maximum atomic E-state index is 10.8. The topological polar surface area (TPSA) is 37.6 Å². The lowest BCUT2D eigenvalue weighted by molar-refractivity contribution is 0.0621. The molecule has 1 aromatic heterocycles. The van der Waals surface area contributed by atoms with E-state index in [-0.39, 0.29) is 12.0 Å². The SMILES string of the molecule is CC(C)(C)c1ccc(Cn2cccc2CN(Cc2ccccc2)CC(O)COc2ccccc2)cc1. The Hall–Kier alpha value is -3.34. The van der Waals surface area contributed by atoms with Gasteiger partial charge in [-0.05, 0) is 46.4 Å². The fourth-order valence-electron chi connectivity index (χ4n) is 4.37. The summed E-state index contributed by atoms with van der Waals surface area (Å²) in [7, 11) is 0. The normalized spacial score (nSPS) is 12.6. The highest BCUT2D eigenvalue weighted by molar-refractivity contribution is 5.28. The lowest BCUT2D eigenvalue weighted by Gasteiger charge is -2.26. The van der Waals surface area contributed by atoms with Crippen LogP contribution in [0.3, 0.4) is 0 Å². The summed E-state index contributed by atoms with van der Waals surface area (Å²) in [6.07, 6.45) is 1.55. The molecule has 4 rings (SSSR count). The number of rotatable bonds is 11. The third kappa shape index (κ3) is 7.58. The van der Waals surface area contributed by atoms with E-state index in [0.29, 0.717) is 6.54 Å². The van der Waals surface area contributed by atoms with Gasteiger partial charge >= 0.3 is 0 Å². The zero-order chi connectivity index (χ0) is 25.4. The number of aliphatic hydroxyl groups is 1. The molecule has 0 amide bonds. The fraction of sp³-hybridized carbons (Fsp3) is 0.312. The van der Waals surface area contributed by atoms with Gasteiger partial charge in [0.25, 0.3) is 0 Å². The molecule has 4 nitrogen and oxygen atoms in total. The van der Waals surface area contributed by atoms with E-state index >= 15 is 0 Å². The van der Waals surface area contributed by atoms with E-state index in [4.69, 9.17) is 4.74 Å². The Morgan fingerprint density at radius 3 is 2.11 bits per heavy atom. The van der Waals surface area contributed by atoms with Crippen LogP contribution < -0.4 is 4.74 Å². The number of hydrogen-bond donors (Lipinski definition) is 1. The monoisotopic (exact) mass is 482 g/mol. The van der Waals surface area contributed by atoms with Gasteiger partial charge in [0, 0.05) is 38.1 Å². The average molecular weight is 483 g/mol. The summed E-state index contributed by atoms with van der Waals surface area (Å²) in [4.78, 5) is 2.29. The minimum atomic E-state index is -0.595. The van der Waals surface area contributed by atoms with Crippen LogP contribution in [0.1, 0.15) is 43.2 Å². The van der Waals surface area contributed by atoms with E-state index in [1.807, 2.05) is 36.4 Å². The molecule has 0 saturated heterocycles. The lowest BCUT2D eigenvalue weighted by Crippen LogP contribution is -2.35. The molecule has 36 heavy (non-hydrogen) atoms. The third-order valence-corrected chi connectivity index (χ3v) is 6.39. The first-order valence-electron chi connectivity index (χ1n) is 12.7. The molecule has 0 aliphatic heterocycles. The zero-order valence-corrected chi connectivity index (χ0v) is 21.7.